The first-order chi connectivity index (χ1) is 7.24. The molecule has 0 spiro atoms. The van der Waals surface area contributed by atoms with Gasteiger partial charge in [0.15, 0.2) is 6.73 Å². The van der Waals surface area contributed by atoms with Crippen LogP contribution >= 0.6 is 24.0 Å². The van der Waals surface area contributed by atoms with Crippen molar-refractivity contribution in [1.82, 2.24) is 9.78 Å². The van der Waals surface area contributed by atoms with Crippen molar-refractivity contribution in [2.45, 2.75) is 6.73 Å². The van der Waals surface area contributed by atoms with E-state index in [1.54, 1.807) is 29.2 Å². The molecule has 2 rings (SSSR count). The monoisotopic (exact) mass is 259 g/mol. The smallest absolute Gasteiger partial charge is 0.180 e. The van der Waals surface area contributed by atoms with Crippen LogP contribution in [0.1, 0.15) is 0 Å². The zero-order valence-electron chi connectivity index (χ0n) is 8.34. The van der Waals surface area contributed by atoms with Crippen LogP contribution in [0.2, 0.25) is 5.02 Å². The number of nitrogens with two attached hydrogens (primary N) is 1. The predicted molar refractivity (Wildman–Crippen MR) is 66.0 cm³/mol. The Kier molecular flexibility index (Phi) is 4.46. The maximum Gasteiger partial charge on any atom is 0.180 e. The number of nitrogens with zero attached hydrogens (tertiary/aromatic N) is 2. The summed E-state index contributed by atoms with van der Waals surface area (Å²) in [7, 11) is 0. The number of ether oxygens (including phenoxy) is 1. The van der Waals surface area contributed by atoms with E-state index in [1.807, 2.05) is 12.1 Å². The van der Waals surface area contributed by atoms with Crippen molar-refractivity contribution in [2.24, 2.45) is 0 Å². The van der Waals surface area contributed by atoms with Crippen LogP contribution in [0.15, 0.2) is 36.7 Å². The molecule has 0 aliphatic heterocycles. The zero-order chi connectivity index (χ0) is 10.7. The number of halogens is 2. The molecule has 0 aliphatic rings. The number of hydrogen-bond acceptors (Lipinski definition) is 3. The largest absolute Gasteiger partial charge is 0.471 e. The van der Waals surface area contributed by atoms with Crippen LogP contribution in [-0.4, -0.2) is 9.78 Å². The van der Waals surface area contributed by atoms with Crippen molar-refractivity contribution in [3.05, 3.63) is 41.7 Å². The van der Waals surface area contributed by atoms with Gasteiger partial charge in [0.1, 0.15) is 5.75 Å². The molecule has 4 nitrogen and oxygen atoms in total. The van der Waals surface area contributed by atoms with Crippen LogP contribution in [0.4, 0.5) is 5.69 Å². The molecule has 0 unspecified atom stereocenters. The highest BCUT2D eigenvalue weighted by atomic mass is 35.5. The molecule has 6 heteroatoms. The summed E-state index contributed by atoms with van der Waals surface area (Å²) in [5, 5.41) is 4.63. The highest BCUT2D eigenvalue weighted by Gasteiger charge is 1.97. The van der Waals surface area contributed by atoms with Crippen molar-refractivity contribution in [1.29, 1.82) is 0 Å². The Balaban J connectivity index is 0.00000128. The molecule has 1 aromatic carbocycles. The Morgan fingerprint density at radius 3 is 2.88 bits per heavy atom. The van der Waals surface area contributed by atoms with Crippen LogP contribution in [0.5, 0.6) is 5.75 Å². The molecule has 0 saturated heterocycles. The molecule has 2 aromatic rings. The molecule has 0 amide bonds. The number of aromatic nitrogens is 2. The number of nitrogen functional groups attached to an aromatic ring is 1. The highest BCUT2D eigenvalue weighted by molar-refractivity contribution is 6.30. The van der Waals surface area contributed by atoms with Gasteiger partial charge in [0.25, 0.3) is 0 Å². The molecule has 0 atom stereocenters. The minimum atomic E-state index is 0. The van der Waals surface area contributed by atoms with Gasteiger partial charge in [-0.2, -0.15) is 5.10 Å². The molecular formula is C10H11Cl2N3O. The van der Waals surface area contributed by atoms with E-state index in [9.17, 15) is 0 Å². The van der Waals surface area contributed by atoms with E-state index in [1.165, 1.54) is 0 Å². The Morgan fingerprint density at radius 1 is 1.44 bits per heavy atom. The lowest BCUT2D eigenvalue weighted by Gasteiger charge is -2.05. The Morgan fingerprint density at radius 2 is 2.25 bits per heavy atom. The van der Waals surface area contributed by atoms with Gasteiger partial charge in [0, 0.05) is 5.02 Å². The second-order valence-electron chi connectivity index (χ2n) is 3.04. The average molecular weight is 260 g/mol. The van der Waals surface area contributed by atoms with Gasteiger partial charge in [-0.15, -0.1) is 12.4 Å². The Bertz CT molecular complexity index is 459. The van der Waals surface area contributed by atoms with E-state index < -0.39 is 0 Å². The SMILES string of the molecule is Cl.Nc1cnn(COc2cccc(Cl)c2)c1. The number of rotatable bonds is 3. The molecule has 0 aliphatic carbocycles. The zero-order valence-corrected chi connectivity index (χ0v) is 9.91. The van der Waals surface area contributed by atoms with E-state index in [4.69, 9.17) is 22.1 Å². The summed E-state index contributed by atoms with van der Waals surface area (Å²) in [5.41, 5.74) is 6.13. The van der Waals surface area contributed by atoms with Crippen molar-refractivity contribution in [2.75, 3.05) is 5.73 Å². The third-order valence-corrected chi connectivity index (χ3v) is 2.05. The van der Waals surface area contributed by atoms with E-state index >= 15 is 0 Å². The fourth-order valence-electron chi connectivity index (χ4n) is 1.15. The fraction of sp³-hybridized carbons (Fsp3) is 0.100. The van der Waals surface area contributed by atoms with E-state index in [-0.39, 0.29) is 12.4 Å². The molecule has 16 heavy (non-hydrogen) atoms. The summed E-state index contributed by atoms with van der Waals surface area (Å²) in [4.78, 5) is 0. The summed E-state index contributed by atoms with van der Waals surface area (Å²) >= 11 is 5.81. The minimum Gasteiger partial charge on any atom is -0.471 e. The van der Waals surface area contributed by atoms with Crippen LogP contribution in [0, 0.1) is 0 Å². The molecule has 0 radical (unpaired) electrons. The summed E-state index contributed by atoms with van der Waals surface area (Å²) in [5.74, 6) is 0.705. The van der Waals surface area contributed by atoms with Crippen LogP contribution in [0.25, 0.3) is 0 Å². The Hall–Kier alpha value is -1.39. The van der Waals surface area contributed by atoms with Crippen molar-refractivity contribution in [3.8, 4) is 5.75 Å². The maximum atomic E-state index is 5.81. The quantitative estimate of drug-likeness (QED) is 0.922. The first-order valence-electron chi connectivity index (χ1n) is 4.40. The van der Waals surface area contributed by atoms with Gasteiger partial charge in [-0.05, 0) is 18.2 Å². The lowest BCUT2D eigenvalue weighted by molar-refractivity contribution is 0.221. The van der Waals surface area contributed by atoms with E-state index in [0.717, 1.165) is 0 Å². The van der Waals surface area contributed by atoms with Gasteiger partial charge in [-0.25, -0.2) is 4.68 Å². The first-order valence-corrected chi connectivity index (χ1v) is 4.78. The lowest BCUT2D eigenvalue weighted by atomic mass is 10.3. The molecule has 0 bridgehead atoms. The molecule has 0 fully saturated rings. The second kappa shape index (κ2) is 5.63. The predicted octanol–water partition coefficient (Wildman–Crippen LogP) is 2.58. The third-order valence-electron chi connectivity index (χ3n) is 1.81. The van der Waals surface area contributed by atoms with Crippen LogP contribution in [0.3, 0.4) is 0 Å². The van der Waals surface area contributed by atoms with Gasteiger partial charge in [-0.3, -0.25) is 0 Å². The molecule has 86 valence electrons. The summed E-state index contributed by atoms with van der Waals surface area (Å²) in [6, 6.07) is 7.20. The second-order valence-corrected chi connectivity index (χ2v) is 3.48. The van der Waals surface area contributed by atoms with Gasteiger partial charge in [0.05, 0.1) is 18.1 Å². The standard InChI is InChI=1S/C10H10ClN3O.ClH/c11-8-2-1-3-10(4-8)15-7-14-6-9(12)5-13-14;/h1-6H,7,12H2;1H. The lowest BCUT2D eigenvalue weighted by Crippen LogP contribution is -2.05. The van der Waals surface area contributed by atoms with E-state index in [0.29, 0.717) is 23.2 Å². The van der Waals surface area contributed by atoms with Crippen LogP contribution in [-0.2, 0) is 6.73 Å². The number of benzene rings is 1. The fourth-order valence-corrected chi connectivity index (χ4v) is 1.33. The summed E-state index contributed by atoms with van der Waals surface area (Å²) in [6.07, 6.45) is 3.27. The Labute approximate surface area is 104 Å². The normalized spacial score (nSPS) is 9.56. The maximum absolute atomic E-state index is 5.81. The molecule has 1 aromatic heterocycles. The van der Waals surface area contributed by atoms with Crippen LogP contribution < -0.4 is 10.5 Å². The first kappa shape index (κ1) is 12.7. The van der Waals surface area contributed by atoms with Gasteiger partial charge < -0.3 is 10.5 Å². The van der Waals surface area contributed by atoms with E-state index in [2.05, 4.69) is 5.10 Å². The van der Waals surface area contributed by atoms with Gasteiger partial charge in [0.2, 0.25) is 0 Å². The highest BCUT2D eigenvalue weighted by Crippen LogP contribution is 2.17. The minimum absolute atomic E-state index is 0. The van der Waals surface area contributed by atoms with Crippen molar-refractivity contribution < 1.29 is 4.74 Å². The molecule has 0 saturated carbocycles. The molecule has 1 heterocycles. The summed E-state index contributed by atoms with van der Waals surface area (Å²) in [6.45, 7) is 0.317. The van der Waals surface area contributed by atoms with Gasteiger partial charge in [-0.1, -0.05) is 17.7 Å². The molecule has 2 N–H and O–H groups in total. The number of anilines is 1. The molecular weight excluding hydrogens is 249 g/mol. The average Bonchev–Trinajstić information content (AvgIpc) is 2.62. The topological polar surface area (TPSA) is 53.1 Å². The third kappa shape index (κ3) is 3.32. The van der Waals surface area contributed by atoms with Gasteiger partial charge >= 0.3 is 0 Å². The van der Waals surface area contributed by atoms with Crippen molar-refractivity contribution >= 4 is 29.7 Å². The summed E-state index contributed by atoms with van der Waals surface area (Å²) < 4.78 is 7.05. The van der Waals surface area contributed by atoms with Crippen molar-refractivity contribution in [3.63, 3.8) is 0 Å². The number of hydrogen-bond donors (Lipinski definition) is 1.